The molecular weight excluding hydrogens is 847 g/mol. The fourth-order valence-electron chi connectivity index (χ4n) is 8.02. The van der Waals surface area contributed by atoms with E-state index in [2.05, 4.69) is 54.8 Å². The molecule has 0 spiro atoms. The molecule has 16 nitrogen and oxygen atoms in total. The van der Waals surface area contributed by atoms with Gasteiger partial charge in [0.05, 0.1) is 6.10 Å². The van der Waals surface area contributed by atoms with Gasteiger partial charge in [-0.25, -0.2) is 0 Å². The summed E-state index contributed by atoms with van der Waals surface area (Å²) in [5.41, 5.74) is 9.23. The van der Waals surface area contributed by atoms with Gasteiger partial charge < -0.3 is 58.1 Å². The molecule has 1 aromatic heterocycles. The molecule has 1 aliphatic heterocycles. The third-order valence-corrected chi connectivity index (χ3v) is 11.9. The van der Waals surface area contributed by atoms with Crippen molar-refractivity contribution in [3.63, 3.8) is 0 Å². The Hall–Kier alpha value is -5.46. The number of hydrogen-bond donors (Lipinski definition) is 12. The van der Waals surface area contributed by atoms with Crippen LogP contribution in [0.1, 0.15) is 68.6 Å². The Bertz CT molecular complexity index is 2120. The first-order chi connectivity index (χ1) is 31.4. The van der Waals surface area contributed by atoms with Gasteiger partial charge in [0, 0.05) is 68.1 Å². The summed E-state index contributed by atoms with van der Waals surface area (Å²) in [7, 11) is 0. The van der Waals surface area contributed by atoms with E-state index in [1.165, 1.54) is 19.1 Å². The Balaban J connectivity index is 1.52. The van der Waals surface area contributed by atoms with E-state index in [1.807, 2.05) is 60.8 Å². The summed E-state index contributed by atoms with van der Waals surface area (Å²) in [6, 6.07) is 18.2. The fourth-order valence-corrected chi connectivity index (χ4v) is 8.22. The molecule has 0 saturated carbocycles. The van der Waals surface area contributed by atoms with Gasteiger partial charge in [0.2, 0.25) is 29.5 Å². The lowest BCUT2D eigenvalue weighted by Gasteiger charge is -2.30. The molecule has 352 valence electrons. The second kappa shape index (κ2) is 26.5. The quantitative estimate of drug-likeness (QED) is 0.0511. The van der Waals surface area contributed by atoms with Crippen molar-refractivity contribution in [2.45, 2.75) is 113 Å². The predicted octanol–water partition coefficient (Wildman–Crippen LogP) is 1.89. The van der Waals surface area contributed by atoms with E-state index < -0.39 is 59.9 Å². The number of nitrogens with one attached hydrogen (secondary N) is 8. The van der Waals surface area contributed by atoms with E-state index in [-0.39, 0.29) is 49.9 Å². The first-order valence-electron chi connectivity index (χ1n) is 22.7. The molecule has 17 heteroatoms. The van der Waals surface area contributed by atoms with Crippen LogP contribution in [0.25, 0.3) is 10.9 Å². The molecule has 2 heterocycles. The van der Waals surface area contributed by atoms with Crippen LogP contribution in [0, 0.1) is 0 Å². The molecule has 1 fully saturated rings. The Morgan fingerprint density at radius 1 is 0.723 bits per heavy atom. The normalized spacial score (nSPS) is 22.2. The number of rotatable bonds is 18. The number of amides is 5. The third-order valence-electron chi connectivity index (χ3n) is 11.6. The van der Waals surface area contributed by atoms with E-state index in [1.54, 1.807) is 12.1 Å². The highest BCUT2D eigenvalue weighted by molar-refractivity contribution is 7.80. The molecule has 1 aliphatic rings. The summed E-state index contributed by atoms with van der Waals surface area (Å²) >= 11 is 4.12. The van der Waals surface area contributed by atoms with Gasteiger partial charge >= 0.3 is 0 Å². The Morgan fingerprint density at radius 2 is 1.34 bits per heavy atom. The van der Waals surface area contributed by atoms with E-state index >= 15 is 0 Å². The minimum atomic E-state index is -1.15. The summed E-state index contributed by atoms with van der Waals surface area (Å²) < 4.78 is 0. The average Bonchev–Trinajstić information content (AvgIpc) is 3.70. The maximum Gasteiger partial charge on any atom is 0.243 e. The second-order valence-electron chi connectivity index (χ2n) is 16.8. The molecule has 0 bridgehead atoms. The number of aromatic nitrogens is 1. The highest BCUT2D eigenvalue weighted by atomic mass is 32.1. The first-order valence-corrected chi connectivity index (χ1v) is 23.4. The summed E-state index contributed by atoms with van der Waals surface area (Å²) in [4.78, 5) is 73.2. The van der Waals surface area contributed by atoms with Crippen LogP contribution in [-0.4, -0.2) is 119 Å². The van der Waals surface area contributed by atoms with Gasteiger partial charge in [-0.3, -0.25) is 24.0 Å². The van der Waals surface area contributed by atoms with Crippen molar-refractivity contribution in [2.75, 3.05) is 31.9 Å². The van der Waals surface area contributed by atoms with Crippen molar-refractivity contribution in [3.8, 4) is 5.75 Å². The first kappa shape index (κ1) is 50.5. The highest BCUT2D eigenvalue weighted by Crippen LogP contribution is 2.20. The number of phenolic OH excluding ortho intramolecular Hbond substituents is 1. The molecule has 0 radical (unpaired) electrons. The Labute approximate surface area is 386 Å². The van der Waals surface area contributed by atoms with Gasteiger partial charge in [-0.15, -0.1) is 0 Å². The van der Waals surface area contributed by atoms with Gasteiger partial charge in [-0.05, 0) is 92.6 Å². The molecule has 1 saturated heterocycles. The number of aliphatic hydroxyl groups is 1. The molecule has 4 aromatic rings. The minimum absolute atomic E-state index is 0.0498. The van der Waals surface area contributed by atoms with Gasteiger partial charge in [0.25, 0.3) is 0 Å². The van der Waals surface area contributed by atoms with Gasteiger partial charge in [-0.1, -0.05) is 67.1 Å². The van der Waals surface area contributed by atoms with Crippen molar-refractivity contribution in [2.24, 2.45) is 5.73 Å². The second-order valence-corrected chi connectivity index (χ2v) is 17.3. The average molecular weight is 914 g/mol. The van der Waals surface area contributed by atoms with Gasteiger partial charge in [-0.2, -0.15) is 12.6 Å². The number of benzene rings is 3. The summed E-state index contributed by atoms with van der Waals surface area (Å²) in [6.07, 6.45) is 4.93. The van der Waals surface area contributed by atoms with Crippen LogP contribution >= 0.6 is 12.6 Å². The molecule has 0 aliphatic carbocycles. The number of fused-ring (bicyclic) bond motifs is 1. The van der Waals surface area contributed by atoms with Crippen molar-refractivity contribution in [1.82, 2.24) is 42.2 Å². The lowest BCUT2D eigenvalue weighted by Crippen LogP contribution is -2.61. The summed E-state index contributed by atoms with van der Waals surface area (Å²) in [6.45, 7) is 2.95. The van der Waals surface area contributed by atoms with Crippen LogP contribution in [-0.2, 0) is 43.2 Å². The molecule has 5 amide bonds. The number of thiol groups is 1. The molecule has 5 rings (SSSR count). The van der Waals surface area contributed by atoms with Crippen LogP contribution in [0.3, 0.4) is 0 Å². The van der Waals surface area contributed by atoms with E-state index in [0.717, 1.165) is 34.9 Å². The number of unbranched alkanes of at least 4 members (excludes halogenated alkanes) is 2. The molecule has 3 aromatic carbocycles. The minimum Gasteiger partial charge on any atom is -0.508 e. The highest BCUT2D eigenvalue weighted by Gasteiger charge is 2.33. The van der Waals surface area contributed by atoms with E-state index in [4.69, 9.17) is 5.73 Å². The topological polar surface area (TPSA) is 252 Å². The smallest absolute Gasteiger partial charge is 0.243 e. The zero-order valence-electron chi connectivity index (χ0n) is 37.2. The van der Waals surface area contributed by atoms with Crippen molar-refractivity contribution in [1.29, 1.82) is 0 Å². The van der Waals surface area contributed by atoms with Crippen LogP contribution in [0.4, 0.5) is 0 Å². The van der Waals surface area contributed by atoms with Crippen LogP contribution in [0.2, 0.25) is 0 Å². The molecule has 12 N–H and O–H groups in total. The number of para-hydroxylation sites is 1. The lowest BCUT2D eigenvalue weighted by atomic mass is 10.00. The molecule has 0 unspecified atom stereocenters. The predicted molar refractivity (Wildman–Crippen MR) is 255 cm³/mol. The number of aromatic hydroxyl groups is 1. The number of carbonyl (C=O) groups excluding carboxylic acids is 5. The number of carbonyl (C=O) groups is 5. The van der Waals surface area contributed by atoms with E-state index in [0.29, 0.717) is 56.6 Å². The molecule has 65 heavy (non-hydrogen) atoms. The van der Waals surface area contributed by atoms with E-state index in [9.17, 15) is 34.2 Å². The number of aliphatic hydroxyl groups excluding tert-OH is 1. The number of hydrogen-bond acceptors (Lipinski definition) is 11. The summed E-state index contributed by atoms with van der Waals surface area (Å²) in [5.74, 6) is -1.97. The number of aromatic amines is 1. The maximum absolute atomic E-state index is 14.7. The third kappa shape index (κ3) is 16.5. The van der Waals surface area contributed by atoms with Crippen molar-refractivity contribution < 1.29 is 34.2 Å². The SMILES string of the molecule is C[C@@H](O)[C@@H]1NC[C@H](CCCCN)NC[C@@H](Cc2c[nH]c3ccccc23)NC(=O)[C@H](Cc2ccc(O)cc2)NC(=O)[C@H](CCCCNC(=O)CCS)NC(=O)[C@H](Cc2ccccc2)NC1=O. The summed E-state index contributed by atoms with van der Waals surface area (Å²) in [5, 5.41) is 43.7. The maximum atomic E-state index is 14.7. The zero-order chi connectivity index (χ0) is 46.6. The van der Waals surface area contributed by atoms with Crippen LogP contribution in [0.15, 0.2) is 85.1 Å². The Morgan fingerprint density at radius 3 is 2.05 bits per heavy atom. The number of phenols is 1. The van der Waals surface area contributed by atoms with Gasteiger partial charge in [0.15, 0.2) is 0 Å². The molecule has 7 atom stereocenters. The fraction of sp³-hybridized carbons (Fsp3) is 0.479. The monoisotopic (exact) mass is 913 g/mol. The zero-order valence-corrected chi connectivity index (χ0v) is 38.1. The van der Waals surface area contributed by atoms with Crippen LogP contribution < -0.4 is 43.0 Å². The lowest BCUT2D eigenvalue weighted by molar-refractivity contribution is -0.134. The largest absolute Gasteiger partial charge is 0.508 e. The number of H-pyrrole nitrogens is 1. The number of nitrogens with two attached hydrogens (primary N) is 1. The van der Waals surface area contributed by atoms with Crippen LogP contribution in [0.5, 0.6) is 5.75 Å². The van der Waals surface area contributed by atoms with Crippen molar-refractivity contribution in [3.05, 3.63) is 102 Å². The molecular formula is C48H67N9O7S. The van der Waals surface area contributed by atoms with Crippen molar-refractivity contribution >= 4 is 53.1 Å². The van der Waals surface area contributed by atoms with Gasteiger partial charge in [0.1, 0.15) is 29.9 Å². The Kier molecular flexibility index (Phi) is 20.6. The standard InChI is InChI=1S/C48H67N9O7S/c1-31(58)44-48(64)57-42(25-32-11-3-2-4-12-32)47(63)55-40(16-8-10-23-50-43(60)21-24-65)45(61)56-41(26-33-17-19-37(59)20-18-33)46(62)54-36(30-51-35(29-53-44)13-7-9-22-49)27-34-28-52-39-15-6-5-14-38(34)39/h2-6,11-12,14-15,17-20,28,31,35-36,40-42,44,51-53,58-59,65H,7-10,13,16,21-27,29-30,49H2,1H3,(H,50,60)(H,54,62)(H,55,63)(H,56,61)(H,57,64)/t31-,35+,36-,40+,41+,42+,44+/m1/s1.